The number of nitrogen functional groups attached to an aromatic ring is 1. The van der Waals surface area contributed by atoms with Gasteiger partial charge in [-0.25, -0.2) is 15.0 Å². The van der Waals surface area contributed by atoms with Gasteiger partial charge in [0.15, 0.2) is 11.5 Å². The van der Waals surface area contributed by atoms with E-state index in [-0.39, 0.29) is 12.7 Å². The molecule has 0 spiro atoms. The van der Waals surface area contributed by atoms with Gasteiger partial charge < -0.3 is 20.1 Å². The average Bonchev–Trinajstić information content (AvgIpc) is 2.73. The van der Waals surface area contributed by atoms with E-state index < -0.39 is 0 Å². The normalized spacial score (nSPS) is 13.1. The van der Waals surface area contributed by atoms with Crippen molar-refractivity contribution in [1.82, 2.24) is 19.5 Å². The molecule has 0 fully saturated rings. The summed E-state index contributed by atoms with van der Waals surface area (Å²) in [6.07, 6.45) is 3.18. The van der Waals surface area contributed by atoms with Gasteiger partial charge in [-0.05, 0) is 0 Å². The van der Waals surface area contributed by atoms with Gasteiger partial charge in [0.1, 0.15) is 11.8 Å². The van der Waals surface area contributed by atoms with Crippen LogP contribution in [-0.4, -0.2) is 43.7 Å². The van der Waals surface area contributed by atoms with E-state index in [9.17, 15) is 0 Å². The van der Waals surface area contributed by atoms with Crippen LogP contribution in [0.15, 0.2) is 12.7 Å². The lowest BCUT2D eigenvalue weighted by Crippen LogP contribution is -2.23. The first-order valence-electron chi connectivity index (χ1n) is 5.10. The highest BCUT2D eigenvalue weighted by Gasteiger charge is 2.12. The third kappa shape index (κ3) is 2.52. The lowest BCUT2D eigenvalue weighted by Gasteiger charge is -2.14. The first-order valence-corrected chi connectivity index (χ1v) is 5.91. The van der Waals surface area contributed by atoms with E-state index in [0.717, 1.165) is 0 Å². The summed E-state index contributed by atoms with van der Waals surface area (Å²) in [6.45, 7) is 0.409. The molecule has 2 aromatic heterocycles. The molecule has 2 aromatic rings. The maximum Gasteiger partial charge on any atom is 0.165 e. The Bertz CT molecular complexity index is 503. The van der Waals surface area contributed by atoms with Crippen molar-refractivity contribution in [3.8, 4) is 0 Å². The van der Waals surface area contributed by atoms with E-state index in [1.165, 1.54) is 6.33 Å². The standard InChI is InChI=1S/C9H14N5O2P/c10-8-7-9(12-3-11-8)14(4-13-7)1-6(2-15)16-5-17/h3-4,6,15H,1-2,5,17H2,(H2,10,11,12). The molecule has 2 unspecified atom stereocenters. The van der Waals surface area contributed by atoms with Crippen LogP contribution in [0.2, 0.25) is 0 Å². The van der Waals surface area contributed by atoms with Crippen molar-refractivity contribution < 1.29 is 9.84 Å². The van der Waals surface area contributed by atoms with Crippen LogP contribution in [0.4, 0.5) is 5.82 Å². The highest BCUT2D eigenvalue weighted by atomic mass is 31.0. The van der Waals surface area contributed by atoms with Crippen LogP contribution in [0, 0.1) is 0 Å². The summed E-state index contributed by atoms with van der Waals surface area (Å²) in [7, 11) is 2.45. The number of hydrogen-bond donors (Lipinski definition) is 2. The third-order valence-corrected chi connectivity index (χ3v) is 2.56. The first-order chi connectivity index (χ1) is 8.26. The van der Waals surface area contributed by atoms with Crippen molar-refractivity contribution >= 4 is 26.2 Å². The fourth-order valence-electron chi connectivity index (χ4n) is 1.55. The van der Waals surface area contributed by atoms with Crippen LogP contribution >= 0.6 is 9.24 Å². The summed E-state index contributed by atoms with van der Waals surface area (Å²) < 4.78 is 7.12. The number of ether oxygens (including phenoxy) is 1. The number of nitrogens with two attached hydrogens (primary N) is 1. The Balaban J connectivity index is 2.27. The largest absolute Gasteiger partial charge is 0.394 e. The molecule has 8 heteroatoms. The number of aromatic nitrogens is 4. The van der Waals surface area contributed by atoms with Crippen molar-refractivity contribution in [1.29, 1.82) is 0 Å². The van der Waals surface area contributed by atoms with Gasteiger partial charge in [-0.1, -0.05) is 0 Å². The second-order valence-corrected chi connectivity index (χ2v) is 3.80. The topological polar surface area (TPSA) is 99.1 Å². The maximum atomic E-state index is 9.16. The van der Waals surface area contributed by atoms with E-state index >= 15 is 0 Å². The second kappa shape index (κ2) is 5.35. The molecule has 17 heavy (non-hydrogen) atoms. The van der Waals surface area contributed by atoms with Gasteiger partial charge in [-0.2, -0.15) is 0 Å². The molecule has 2 rings (SSSR count). The minimum atomic E-state index is -0.291. The van der Waals surface area contributed by atoms with Crippen molar-refractivity contribution in [3.05, 3.63) is 12.7 Å². The van der Waals surface area contributed by atoms with Crippen molar-refractivity contribution in [3.63, 3.8) is 0 Å². The lowest BCUT2D eigenvalue weighted by atomic mass is 10.3. The molecule has 0 saturated heterocycles. The van der Waals surface area contributed by atoms with E-state index in [0.29, 0.717) is 29.9 Å². The molecule has 0 aromatic carbocycles. The second-order valence-electron chi connectivity index (χ2n) is 3.47. The predicted molar refractivity (Wildman–Crippen MR) is 66.3 cm³/mol. The molecule has 0 radical (unpaired) electrons. The van der Waals surface area contributed by atoms with E-state index in [1.54, 1.807) is 10.9 Å². The number of nitrogens with zero attached hydrogens (tertiary/aromatic N) is 4. The highest BCUT2D eigenvalue weighted by molar-refractivity contribution is 7.16. The Hall–Kier alpha value is -1.30. The molecular formula is C9H14N5O2P. The summed E-state index contributed by atoms with van der Waals surface area (Å²) in [5, 5.41) is 9.16. The monoisotopic (exact) mass is 255 g/mol. The molecule has 7 nitrogen and oxygen atoms in total. The SMILES string of the molecule is Nc1ncnc2c1ncn2CC(CO)OCP. The van der Waals surface area contributed by atoms with Crippen LogP contribution in [-0.2, 0) is 11.3 Å². The molecule has 0 aliphatic carbocycles. The number of anilines is 1. The fraction of sp³-hybridized carbons (Fsp3) is 0.444. The van der Waals surface area contributed by atoms with E-state index in [1.807, 2.05) is 0 Å². The number of hydrogen-bond acceptors (Lipinski definition) is 6. The number of imidazole rings is 1. The summed E-state index contributed by atoms with van der Waals surface area (Å²) in [5.74, 6) is 0.348. The molecule has 0 aliphatic heterocycles. The minimum absolute atomic E-state index is 0.0609. The first kappa shape index (κ1) is 12.2. The Kier molecular flexibility index (Phi) is 3.83. The molecule has 0 bridgehead atoms. The summed E-state index contributed by atoms with van der Waals surface area (Å²) in [4.78, 5) is 12.1. The smallest absolute Gasteiger partial charge is 0.165 e. The van der Waals surface area contributed by atoms with Gasteiger partial charge in [-0.3, -0.25) is 0 Å². The molecule has 0 amide bonds. The summed E-state index contributed by atoms with van der Waals surface area (Å²) in [5.41, 5.74) is 6.89. The Morgan fingerprint density at radius 2 is 2.29 bits per heavy atom. The molecule has 0 aliphatic rings. The Morgan fingerprint density at radius 1 is 1.47 bits per heavy atom. The van der Waals surface area contributed by atoms with Crippen molar-refractivity contribution in [2.75, 3.05) is 18.7 Å². The number of rotatable bonds is 5. The van der Waals surface area contributed by atoms with Gasteiger partial charge in [0.25, 0.3) is 0 Å². The predicted octanol–water partition coefficient (Wildman–Crippen LogP) is -0.381. The number of aliphatic hydroxyl groups is 1. The Labute approximate surface area is 100 Å². The highest BCUT2D eigenvalue weighted by Crippen LogP contribution is 2.14. The fourth-order valence-corrected chi connectivity index (χ4v) is 1.82. The molecule has 2 heterocycles. The van der Waals surface area contributed by atoms with Crippen LogP contribution in [0.5, 0.6) is 0 Å². The number of fused-ring (bicyclic) bond motifs is 1. The summed E-state index contributed by atoms with van der Waals surface area (Å²) >= 11 is 0. The quantitative estimate of drug-likeness (QED) is 0.706. The zero-order valence-electron chi connectivity index (χ0n) is 9.15. The summed E-state index contributed by atoms with van der Waals surface area (Å²) in [6, 6.07) is 0. The lowest BCUT2D eigenvalue weighted by molar-refractivity contribution is 0.0290. The molecule has 2 atom stereocenters. The third-order valence-electron chi connectivity index (χ3n) is 2.37. The zero-order chi connectivity index (χ0) is 12.3. The van der Waals surface area contributed by atoms with Crippen LogP contribution < -0.4 is 5.73 Å². The minimum Gasteiger partial charge on any atom is -0.394 e. The van der Waals surface area contributed by atoms with Gasteiger partial charge in [0, 0.05) is 0 Å². The van der Waals surface area contributed by atoms with Gasteiger partial charge >= 0.3 is 0 Å². The molecule has 3 N–H and O–H groups in total. The van der Waals surface area contributed by atoms with Crippen LogP contribution in [0.3, 0.4) is 0 Å². The Morgan fingerprint density at radius 3 is 3.00 bits per heavy atom. The molecular weight excluding hydrogens is 241 g/mol. The maximum absolute atomic E-state index is 9.16. The van der Waals surface area contributed by atoms with E-state index in [4.69, 9.17) is 15.6 Å². The van der Waals surface area contributed by atoms with Gasteiger partial charge in [-0.15, -0.1) is 9.24 Å². The van der Waals surface area contributed by atoms with E-state index in [2.05, 4.69) is 24.2 Å². The molecule has 0 saturated carbocycles. The van der Waals surface area contributed by atoms with Gasteiger partial charge in [0.2, 0.25) is 0 Å². The average molecular weight is 255 g/mol. The molecule has 92 valence electrons. The van der Waals surface area contributed by atoms with Crippen LogP contribution in [0.25, 0.3) is 11.2 Å². The van der Waals surface area contributed by atoms with Crippen molar-refractivity contribution in [2.45, 2.75) is 12.6 Å². The zero-order valence-corrected chi connectivity index (χ0v) is 10.3. The van der Waals surface area contributed by atoms with Crippen LogP contribution in [0.1, 0.15) is 0 Å². The van der Waals surface area contributed by atoms with Gasteiger partial charge in [0.05, 0.1) is 31.9 Å². The van der Waals surface area contributed by atoms with Crippen molar-refractivity contribution in [2.24, 2.45) is 0 Å². The number of aliphatic hydroxyl groups excluding tert-OH is 1.